The third-order valence-corrected chi connectivity index (χ3v) is 3.95. The summed E-state index contributed by atoms with van der Waals surface area (Å²) < 4.78 is 5.73. The first kappa shape index (κ1) is 15.2. The van der Waals surface area contributed by atoms with Crippen LogP contribution in [0.15, 0.2) is 52.9 Å². The minimum absolute atomic E-state index is 0.00455. The highest BCUT2D eigenvalue weighted by atomic mass is 16.6. The minimum atomic E-state index is -0.378. The average molecular weight is 311 g/mol. The van der Waals surface area contributed by atoms with Gasteiger partial charge in [-0.2, -0.15) is 0 Å². The van der Waals surface area contributed by atoms with Crippen LogP contribution < -0.4 is 0 Å². The Balaban J connectivity index is 1.78. The highest BCUT2D eigenvalue weighted by Crippen LogP contribution is 2.25. The van der Waals surface area contributed by atoms with Gasteiger partial charge in [0, 0.05) is 18.2 Å². The molecule has 0 bridgehead atoms. The Bertz CT molecular complexity index is 811. The van der Waals surface area contributed by atoms with E-state index in [1.54, 1.807) is 12.1 Å². The van der Waals surface area contributed by atoms with E-state index in [1.807, 2.05) is 49.2 Å². The predicted molar refractivity (Wildman–Crippen MR) is 87.0 cm³/mol. The van der Waals surface area contributed by atoms with Gasteiger partial charge >= 0.3 is 0 Å². The lowest BCUT2D eigenvalue weighted by atomic mass is 10.1. The molecule has 6 heteroatoms. The van der Waals surface area contributed by atoms with Crippen molar-refractivity contribution in [1.82, 2.24) is 9.88 Å². The molecular formula is C17H17N3O3. The maximum Gasteiger partial charge on any atom is 0.269 e. The molecule has 0 N–H and O–H groups in total. The van der Waals surface area contributed by atoms with Gasteiger partial charge in [0.2, 0.25) is 5.89 Å². The first-order chi connectivity index (χ1) is 11.0. The van der Waals surface area contributed by atoms with E-state index in [9.17, 15) is 10.1 Å². The number of nitro benzene ring substituents is 1. The Morgan fingerprint density at radius 2 is 2.04 bits per heavy atom. The summed E-state index contributed by atoms with van der Waals surface area (Å²) in [5, 5.41) is 10.9. The SMILES string of the molecule is C[C@H](c1cccc([N+](=O)[O-])c1)N(C)Cc1nc2ccccc2o1. The number of nitro groups is 1. The first-order valence-electron chi connectivity index (χ1n) is 7.33. The summed E-state index contributed by atoms with van der Waals surface area (Å²) in [6, 6.07) is 14.3. The third-order valence-electron chi connectivity index (χ3n) is 3.95. The van der Waals surface area contributed by atoms with Gasteiger partial charge < -0.3 is 4.42 Å². The molecule has 0 spiro atoms. The summed E-state index contributed by atoms with van der Waals surface area (Å²) in [5.41, 5.74) is 2.58. The lowest BCUT2D eigenvalue weighted by Crippen LogP contribution is -2.22. The topological polar surface area (TPSA) is 72.4 Å². The fourth-order valence-electron chi connectivity index (χ4n) is 2.49. The second kappa shape index (κ2) is 6.18. The number of hydrogen-bond donors (Lipinski definition) is 0. The smallest absolute Gasteiger partial charge is 0.269 e. The maximum absolute atomic E-state index is 10.9. The fraction of sp³-hybridized carbons (Fsp3) is 0.235. The summed E-state index contributed by atoms with van der Waals surface area (Å²) in [4.78, 5) is 17.0. The number of rotatable bonds is 5. The van der Waals surface area contributed by atoms with Gasteiger partial charge in [0.1, 0.15) is 5.52 Å². The Kier molecular flexibility index (Phi) is 4.08. The van der Waals surface area contributed by atoms with Crippen LogP contribution in [0.5, 0.6) is 0 Å². The molecule has 0 unspecified atom stereocenters. The fourth-order valence-corrected chi connectivity index (χ4v) is 2.49. The zero-order chi connectivity index (χ0) is 16.4. The van der Waals surface area contributed by atoms with Gasteiger partial charge in [0.05, 0.1) is 11.5 Å². The Hall–Kier alpha value is -2.73. The van der Waals surface area contributed by atoms with E-state index in [0.717, 1.165) is 16.7 Å². The van der Waals surface area contributed by atoms with E-state index in [4.69, 9.17) is 4.42 Å². The van der Waals surface area contributed by atoms with Gasteiger partial charge in [-0.15, -0.1) is 0 Å². The van der Waals surface area contributed by atoms with Crippen molar-refractivity contribution in [3.8, 4) is 0 Å². The van der Waals surface area contributed by atoms with Crippen molar-refractivity contribution in [2.75, 3.05) is 7.05 Å². The summed E-state index contributed by atoms with van der Waals surface area (Å²) in [6.45, 7) is 2.53. The lowest BCUT2D eigenvalue weighted by molar-refractivity contribution is -0.384. The number of para-hydroxylation sites is 2. The molecule has 0 saturated carbocycles. The Morgan fingerprint density at radius 1 is 1.26 bits per heavy atom. The van der Waals surface area contributed by atoms with Crippen LogP contribution in [-0.4, -0.2) is 21.9 Å². The van der Waals surface area contributed by atoms with Crippen molar-refractivity contribution in [2.45, 2.75) is 19.5 Å². The maximum atomic E-state index is 10.9. The van der Waals surface area contributed by atoms with Crippen LogP contribution in [-0.2, 0) is 6.54 Å². The van der Waals surface area contributed by atoms with Gasteiger partial charge in [-0.1, -0.05) is 24.3 Å². The molecule has 0 radical (unpaired) electrons. The van der Waals surface area contributed by atoms with Crippen LogP contribution >= 0.6 is 0 Å². The molecule has 0 aliphatic heterocycles. The third kappa shape index (κ3) is 3.22. The molecule has 118 valence electrons. The van der Waals surface area contributed by atoms with Gasteiger partial charge in [0.15, 0.2) is 5.58 Å². The number of hydrogen-bond acceptors (Lipinski definition) is 5. The van der Waals surface area contributed by atoms with Gasteiger partial charge in [-0.25, -0.2) is 4.98 Å². The van der Waals surface area contributed by atoms with Crippen molar-refractivity contribution >= 4 is 16.8 Å². The number of non-ortho nitro benzene ring substituents is 1. The van der Waals surface area contributed by atoms with Crippen LogP contribution in [0.25, 0.3) is 11.1 Å². The number of fused-ring (bicyclic) bond motifs is 1. The van der Waals surface area contributed by atoms with Gasteiger partial charge in [0.25, 0.3) is 5.69 Å². The van der Waals surface area contributed by atoms with Gasteiger partial charge in [-0.3, -0.25) is 15.0 Å². The first-order valence-corrected chi connectivity index (χ1v) is 7.33. The molecule has 23 heavy (non-hydrogen) atoms. The van der Waals surface area contributed by atoms with E-state index in [2.05, 4.69) is 4.98 Å². The van der Waals surface area contributed by atoms with E-state index in [1.165, 1.54) is 6.07 Å². The van der Waals surface area contributed by atoms with Crippen LogP contribution in [0.4, 0.5) is 5.69 Å². The number of benzene rings is 2. The number of oxazole rings is 1. The number of aromatic nitrogens is 1. The second-order valence-corrected chi connectivity index (χ2v) is 5.52. The van der Waals surface area contributed by atoms with Crippen molar-refractivity contribution in [3.63, 3.8) is 0 Å². The summed E-state index contributed by atoms with van der Waals surface area (Å²) in [7, 11) is 1.94. The largest absolute Gasteiger partial charge is 0.439 e. The van der Waals surface area contributed by atoms with E-state index in [-0.39, 0.29) is 16.7 Å². The highest BCUT2D eigenvalue weighted by molar-refractivity contribution is 5.72. The zero-order valence-corrected chi connectivity index (χ0v) is 13.0. The zero-order valence-electron chi connectivity index (χ0n) is 13.0. The van der Waals surface area contributed by atoms with Crippen molar-refractivity contribution in [2.24, 2.45) is 0 Å². The standard InChI is InChI=1S/C17H17N3O3/c1-12(13-6-5-7-14(10-13)20(21)22)19(2)11-17-18-15-8-3-4-9-16(15)23-17/h3-10,12H,11H2,1-2H3/t12-/m1/s1. The highest BCUT2D eigenvalue weighted by Gasteiger charge is 2.17. The molecule has 0 aliphatic rings. The molecule has 1 atom stereocenters. The second-order valence-electron chi connectivity index (χ2n) is 5.52. The van der Waals surface area contributed by atoms with Crippen molar-refractivity contribution < 1.29 is 9.34 Å². The molecular weight excluding hydrogens is 294 g/mol. The molecule has 3 aromatic rings. The molecule has 0 fully saturated rings. The van der Waals surface area contributed by atoms with E-state index in [0.29, 0.717) is 12.4 Å². The predicted octanol–water partition coefficient (Wildman–Crippen LogP) is 3.93. The molecule has 1 heterocycles. The quantitative estimate of drug-likeness (QED) is 0.527. The van der Waals surface area contributed by atoms with Crippen LogP contribution in [0.2, 0.25) is 0 Å². The van der Waals surface area contributed by atoms with E-state index < -0.39 is 0 Å². The lowest BCUT2D eigenvalue weighted by Gasteiger charge is -2.23. The van der Waals surface area contributed by atoms with Crippen LogP contribution in [0.1, 0.15) is 24.4 Å². The summed E-state index contributed by atoms with van der Waals surface area (Å²) >= 11 is 0. The Morgan fingerprint density at radius 3 is 2.78 bits per heavy atom. The monoisotopic (exact) mass is 311 g/mol. The average Bonchev–Trinajstić information content (AvgIpc) is 2.96. The summed E-state index contributed by atoms with van der Waals surface area (Å²) in [6.07, 6.45) is 0. The summed E-state index contributed by atoms with van der Waals surface area (Å²) in [5.74, 6) is 0.631. The molecule has 2 aromatic carbocycles. The molecule has 6 nitrogen and oxygen atoms in total. The molecule has 0 saturated heterocycles. The molecule has 1 aromatic heterocycles. The van der Waals surface area contributed by atoms with E-state index >= 15 is 0 Å². The van der Waals surface area contributed by atoms with Crippen LogP contribution in [0.3, 0.4) is 0 Å². The minimum Gasteiger partial charge on any atom is -0.439 e. The molecule has 0 amide bonds. The van der Waals surface area contributed by atoms with Crippen LogP contribution in [0, 0.1) is 10.1 Å². The van der Waals surface area contributed by atoms with Crippen molar-refractivity contribution in [1.29, 1.82) is 0 Å². The van der Waals surface area contributed by atoms with Gasteiger partial charge in [-0.05, 0) is 31.7 Å². The Labute approximate surface area is 133 Å². The molecule has 3 rings (SSSR count). The molecule has 0 aliphatic carbocycles. The van der Waals surface area contributed by atoms with Crippen molar-refractivity contribution in [3.05, 3.63) is 70.1 Å². The number of nitrogens with zero attached hydrogens (tertiary/aromatic N) is 3. The normalized spacial score (nSPS) is 12.7.